The van der Waals surface area contributed by atoms with Gasteiger partial charge in [0.05, 0.1) is 24.2 Å². The van der Waals surface area contributed by atoms with Crippen LogP contribution in [0.4, 0.5) is 0 Å². The summed E-state index contributed by atoms with van der Waals surface area (Å²) in [4.78, 5) is 42.1. The summed E-state index contributed by atoms with van der Waals surface area (Å²) in [6, 6.07) is 4.71. The maximum atomic E-state index is 12.5. The second kappa shape index (κ2) is 6.17. The van der Waals surface area contributed by atoms with E-state index in [1.807, 2.05) is 0 Å². The summed E-state index contributed by atoms with van der Waals surface area (Å²) in [5, 5.41) is 0. The number of carbonyl (C=O) groups excluding carboxylic acids is 2. The van der Waals surface area contributed by atoms with Gasteiger partial charge in [-0.25, -0.2) is 0 Å². The van der Waals surface area contributed by atoms with Gasteiger partial charge in [-0.2, -0.15) is 0 Å². The zero-order chi connectivity index (χ0) is 16.4. The number of nitrogens with two attached hydrogens (primary N) is 1. The van der Waals surface area contributed by atoms with E-state index >= 15 is 0 Å². The molecule has 1 fully saturated rings. The number of amides is 2. The van der Waals surface area contributed by atoms with Gasteiger partial charge in [0.1, 0.15) is 12.1 Å². The summed E-state index contributed by atoms with van der Waals surface area (Å²) in [5.41, 5.74) is 5.43. The van der Waals surface area contributed by atoms with Crippen LogP contribution in [-0.4, -0.2) is 52.6 Å². The first-order valence-electron chi connectivity index (χ1n) is 7.22. The molecule has 2 aromatic heterocycles. The Balaban J connectivity index is 2.04. The number of fused-ring (bicyclic) bond motifs is 1. The number of hydrogen-bond acceptors (Lipinski definition) is 5. The first-order valence-corrected chi connectivity index (χ1v) is 7.22. The molecule has 0 spiro atoms. The highest BCUT2D eigenvalue weighted by molar-refractivity contribution is 5.95. The van der Waals surface area contributed by atoms with Crippen molar-refractivity contribution in [3.63, 3.8) is 0 Å². The average Bonchev–Trinajstić information content (AvgIpc) is 2.57. The molecule has 0 saturated carbocycles. The molecule has 0 aromatic carbocycles. The van der Waals surface area contributed by atoms with Gasteiger partial charge in [-0.3, -0.25) is 23.9 Å². The predicted octanol–water partition coefficient (Wildman–Crippen LogP) is -0.646. The summed E-state index contributed by atoms with van der Waals surface area (Å²) in [5.74, 6) is -1.04. The lowest BCUT2D eigenvalue weighted by molar-refractivity contribution is -0.135. The Bertz CT molecular complexity index is 824. The predicted molar refractivity (Wildman–Crippen MR) is 81.9 cm³/mol. The van der Waals surface area contributed by atoms with Crippen LogP contribution < -0.4 is 11.3 Å². The van der Waals surface area contributed by atoms with Crippen LogP contribution in [0.2, 0.25) is 0 Å². The maximum Gasteiger partial charge on any atom is 0.264 e. The Morgan fingerprint density at radius 3 is 2.74 bits per heavy atom. The first-order chi connectivity index (χ1) is 11.1. The zero-order valence-electron chi connectivity index (χ0n) is 12.4. The molecule has 3 heterocycles. The molecule has 2 N–H and O–H groups in total. The van der Waals surface area contributed by atoms with Crippen LogP contribution in [0.15, 0.2) is 29.2 Å². The molecule has 3 rings (SSSR count). The van der Waals surface area contributed by atoms with Gasteiger partial charge in [0.15, 0.2) is 0 Å². The van der Waals surface area contributed by atoms with E-state index in [2.05, 4.69) is 4.98 Å². The van der Waals surface area contributed by atoms with Crippen molar-refractivity contribution in [1.82, 2.24) is 14.5 Å². The Hall–Kier alpha value is -2.74. The quantitative estimate of drug-likeness (QED) is 0.810. The molecule has 0 radical (unpaired) electrons. The normalized spacial score (nSPS) is 14.9. The van der Waals surface area contributed by atoms with E-state index in [4.69, 9.17) is 10.5 Å². The summed E-state index contributed by atoms with van der Waals surface area (Å²) < 4.78 is 6.46. The lowest BCUT2D eigenvalue weighted by Crippen LogP contribution is -2.44. The monoisotopic (exact) mass is 316 g/mol. The third kappa shape index (κ3) is 2.93. The number of morpholine rings is 1. The number of nitrogens with zero attached hydrogens (tertiary/aromatic N) is 3. The average molecular weight is 316 g/mol. The van der Waals surface area contributed by atoms with Crippen molar-refractivity contribution in [3.8, 4) is 0 Å². The maximum absolute atomic E-state index is 12.5. The zero-order valence-corrected chi connectivity index (χ0v) is 12.4. The van der Waals surface area contributed by atoms with Gasteiger partial charge in [0.2, 0.25) is 5.91 Å². The van der Waals surface area contributed by atoms with Crippen molar-refractivity contribution in [2.45, 2.75) is 6.54 Å². The molecule has 0 bridgehead atoms. The molecule has 8 nitrogen and oxygen atoms in total. The van der Waals surface area contributed by atoms with E-state index < -0.39 is 11.5 Å². The van der Waals surface area contributed by atoms with Crippen LogP contribution in [0.1, 0.15) is 10.4 Å². The van der Waals surface area contributed by atoms with Gasteiger partial charge in [0.25, 0.3) is 11.5 Å². The highest BCUT2D eigenvalue weighted by Gasteiger charge is 2.20. The smallest absolute Gasteiger partial charge is 0.264 e. The van der Waals surface area contributed by atoms with Crippen molar-refractivity contribution >= 4 is 22.8 Å². The van der Waals surface area contributed by atoms with Crippen LogP contribution in [-0.2, 0) is 16.1 Å². The second-order valence-corrected chi connectivity index (χ2v) is 5.21. The molecule has 1 saturated heterocycles. The number of carbonyl (C=O) groups is 2. The number of aromatic nitrogens is 2. The topological polar surface area (TPSA) is 108 Å². The Morgan fingerprint density at radius 1 is 1.30 bits per heavy atom. The van der Waals surface area contributed by atoms with Crippen molar-refractivity contribution < 1.29 is 14.3 Å². The molecule has 0 aliphatic carbocycles. The Kier molecular flexibility index (Phi) is 4.07. The largest absolute Gasteiger partial charge is 0.378 e. The summed E-state index contributed by atoms with van der Waals surface area (Å²) in [7, 11) is 0. The number of rotatable bonds is 3. The number of ether oxygens (including phenoxy) is 1. The van der Waals surface area contributed by atoms with Gasteiger partial charge in [-0.05, 0) is 18.2 Å². The summed E-state index contributed by atoms with van der Waals surface area (Å²) in [6.07, 6.45) is 1.55. The summed E-state index contributed by atoms with van der Waals surface area (Å²) in [6.45, 7) is 1.76. The fourth-order valence-electron chi connectivity index (χ4n) is 2.58. The van der Waals surface area contributed by atoms with E-state index in [1.165, 1.54) is 10.6 Å². The highest BCUT2D eigenvalue weighted by Crippen LogP contribution is 2.11. The highest BCUT2D eigenvalue weighted by atomic mass is 16.5. The van der Waals surface area contributed by atoms with Gasteiger partial charge >= 0.3 is 0 Å². The van der Waals surface area contributed by atoms with Crippen LogP contribution in [0.3, 0.4) is 0 Å². The van der Waals surface area contributed by atoms with E-state index in [0.29, 0.717) is 37.3 Å². The minimum atomic E-state index is -0.838. The van der Waals surface area contributed by atoms with Gasteiger partial charge in [-0.1, -0.05) is 0 Å². The standard InChI is InChI=1S/C15H16N4O4/c16-14(21)10-8-11-12(2-1-3-17-11)19(15(10)22)9-13(20)18-4-6-23-7-5-18/h1-3,8H,4-7,9H2,(H2,16,21). The molecule has 23 heavy (non-hydrogen) atoms. The second-order valence-electron chi connectivity index (χ2n) is 5.21. The third-order valence-corrected chi connectivity index (χ3v) is 3.79. The summed E-state index contributed by atoms with van der Waals surface area (Å²) >= 11 is 0. The van der Waals surface area contributed by atoms with Crippen LogP contribution in [0, 0.1) is 0 Å². The van der Waals surface area contributed by atoms with E-state index in [-0.39, 0.29) is 18.0 Å². The first kappa shape index (κ1) is 15.2. The molecule has 8 heteroatoms. The van der Waals surface area contributed by atoms with Gasteiger partial charge < -0.3 is 15.4 Å². The molecule has 2 amide bonds. The van der Waals surface area contributed by atoms with E-state index in [1.54, 1.807) is 23.2 Å². The van der Waals surface area contributed by atoms with Crippen LogP contribution >= 0.6 is 0 Å². The lowest BCUT2D eigenvalue weighted by atomic mass is 10.2. The molecular formula is C15H16N4O4. The Labute approximate surface area is 131 Å². The fourth-order valence-corrected chi connectivity index (χ4v) is 2.58. The van der Waals surface area contributed by atoms with Gasteiger partial charge in [0, 0.05) is 19.3 Å². The molecule has 2 aromatic rings. The number of hydrogen-bond donors (Lipinski definition) is 1. The van der Waals surface area contributed by atoms with E-state index in [9.17, 15) is 14.4 Å². The third-order valence-electron chi connectivity index (χ3n) is 3.79. The molecule has 120 valence electrons. The molecule has 1 aliphatic rings. The number of primary amides is 1. The molecule has 0 unspecified atom stereocenters. The van der Waals surface area contributed by atoms with Crippen molar-refractivity contribution in [3.05, 3.63) is 40.3 Å². The SMILES string of the molecule is NC(=O)c1cc2ncccc2n(CC(=O)N2CCOCC2)c1=O. The minimum Gasteiger partial charge on any atom is -0.378 e. The molecular weight excluding hydrogens is 300 g/mol. The van der Waals surface area contributed by atoms with E-state index in [0.717, 1.165) is 0 Å². The van der Waals surface area contributed by atoms with Crippen molar-refractivity contribution in [2.24, 2.45) is 5.73 Å². The number of pyridine rings is 2. The van der Waals surface area contributed by atoms with Crippen LogP contribution in [0.25, 0.3) is 11.0 Å². The lowest BCUT2D eigenvalue weighted by Gasteiger charge is -2.27. The molecule has 0 atom stereocenters. The molecule has 1 aliphatic heterocycles. The van der Waals surface area contributed by atoms with Gasteiger partial charge in [-0.15, -0.1) is 0 Å². The fraction of sp³-hybridized carbons (Fsp3) is 0.333. The van der Waals surface area contributed by atoms with Crippen molar-refractivity contribution in [2.75, 3.05) is 26.3 Å². The van der Waals surface area contributed by atoms with Crippen molar-refractivity contribution in [1.29, 1.82) is 0 Å². The van der Waals surface area contributed by atoms with Crippen LogP contribution in [0.5, 0.6) is 0 Å². The Morgan fingerprint density at radius 2 is 2.04 bits per heavy atom. The minimum absolute atomic E-state index is 0.165.